The van der Waals surface area contributed by atoms with Crippen LogP contribution in [0.4, 0.5) is 0 Å². The van der Waals surface area contributed by atoms with Crippen molar-refractivity contribution < 1.29 is 4.74 Å². The molecule has 3 nitrogen and oxygen atoms in total. The van der Waals surface area contributed by atoms with Gasteiger partial charge in [-0.2, -0.15) is 0 Å². The topological polar surface area (TPSA) is 34.1 Å². The predicted molar refractivity (Wildman–Crippen MR) is 66.4 cm³/mol. The standard InChI is InChI=1S/C13H22N2O/c1-11(2)13(10-14-3)16-9-7-12-6-4-5-8-15-12/h4-6,8,11,13-14H,7,9-10H2,1-3H3. The van der Waals surface area contributed by atoms with Gasteiger partial charge >= 0.3 is 0 Å². The molecule has 0 aliphatic carbocycles. The van der Waals surface area contributed by atoms with E-state index in [1.54, 1.807) is 0 Å². The Morgan fingerprint density at radius 2 is 2.19 bits per heavy atom. The SMILES string of the molecule is CNCC(OCCc1ccccn1)C(C)C. The first-order chi connectivity index (χ1) is 7.74. The van der Waals surface area contributed by atoms with Gasteiger partial charge in [0, 0.05) is 24.9 Å². The van der Waals surface area contributed by atoms with Gasteiger partial charge in [0.1, 0.15) is 0 Å². The van der Waals surface area contributed by atoms with E-state index in [1.807, 2.05) is 31.4 Å². The summed E-state index contributed by atoms with van der Waals surface area (Å²) >= 11 is 0. The summed E-state index contributed by atoms with van der Waals surface area (Å²) in [5.74, 6) is 0.538. The number of ether oxygens (including phenoxy) is 1. The second kappa shape index (κ2) is 7.36. The maximum Gasteiger partial charge on any atom is 0.0722 e. The number of hydrogen-bond acceptors (Lipinski definition) is 3. The monoisotopic (exact) mass is 222 g/mol. The van der Waals surface area contributed by atoms with Crippen molar-refractivity contribution in [2.24, 2.45) is 5.92 Å². The van der Waals surface area contributed by atoms with Crippen LogP contribution < -0.4 is 5.32 Å². The zero-order valence-electron chi connectivity index (χ0n) is 10.4. The lowest BCUT2D eigenvalue weighted by molar-refractivity contribution is 0.0256. The van der Waals surface area contributed by atoms with Crippen molar-refractivity contribution in [1.29, 1.82) is 0 Å². The molecular weight excluding hydrogens is 200 g/mol. The van der Waals surface area contributed by atoms with Gasteiger partial charge in [0.25, 0.3) is 0 Å². The molecule has 3 heteroatoms. The molecule has 1 heterocycles. The Hall–Kier alpha value is -0.930. The second-order valence-electron chi connectivity index (χ2n) is 4.28. The van der Waals surface area contributed by atoms with Crippen molar-refractivity contribution in [1.82, 2.24) is 10.3 Å². The lowest BCUT2D eigenvalue weighted by Gasteiger charge is -2.21. The first-order valence-corrected chi connectivity index (χ1v) is 5.90. The van der Waals surface area contributed by atoms with Crippen molar-refractivity contribution in [2.45, 2.75) is 26.4 Å². The lowest BCUT2D eigenvalue weighted by Crippen LogP contribution is -2.31. The molecule has 0 amide bonds. The molecule has 90 valence electrons. The molecule has 0 aliphatic rings. The van der Waals surface area contributed by atoms with Crippen LogP contribution >= 0.6 is 0 Å². The highest BCUT2D eigenvalue weighted by Crippen LogP contribution is 2.06. The van der Waals surface area contributed by atoms with Crippen molar-refractivity contribution in [2.75, 3.05) is 20.2 Å². The van der Waals surface area contributed by atoms with Crippen LogP contribution in [-0.4, -0.2) is 31.3 Å². The van der Waals surface area contributed by atoms with Crippen LogP contribution in [0.2, 0.25) is 0 Å². The van der Waals surface area contributed by atoms with Gasteiger partial charge < -0.3 is 10.1 Å². The van der Waals surface area contributed by atoms with E-state index in [0.29, 0.717) is 5.92 Å². The Balaban J connectivity index is 2.28. The summed E-state index contributed by atoms with van der Waals surface area (Å²) in [6.07, 6.45) is 2.99. The van der Waals surface area contributed by atoms with Gasteiger partial charge in [-0.05, 0) is 25.1 Å². The maximum atomic E-state index is 5.85. The Bertz CT molecular complexity index is 275. The first-order valence-electron chi connectivity index (χ1n) is 5.90. The maximum absolute atomic E-state index is 5.85. The Labute approximate surface area is 98.2 Å². The van der Waals surface area contributed by atoms with Crippen molar-refractivity contribution in [3.8, 4) is 0 Å². The minimum Gasteiger partial charge on any atom is -0.376 e. The average Bonchev–Trinajstić information content (AvgIpc) is 2.29. The summed E-state index contributed by atoms with van der Waals surface area (Å²) in [5, 5.41) is 3.16. The van der Waals surface area contributed by atoms with E-state index in [-0.39, 0.29) is 6.10 Å². The molecule has 0 aliphatic heterocycles. The fraction of sp³-hybridized carbons (Fsp3) is 0.615. The quantitative estimate of drug-likeness (QED) is 0.765. The molecule has 1 unspecified atom stereocenters. The molecule has 1 rings (SSSR count). The van der Waals surface area contributed by atoms with E-state index in [0.717, 1.165) is 25.3 Å². The van der Waals surface area contributed by atoms with Gasteiger partial charge in [-0.25, -0.2) is 0 Å². The molecule has 0 bridgehead atoms. The number of aromatic nitrogens is 1. The molecular formula is C13H22N2O. The number of nitrogens with zero attached hydrogens (tertiary/aromatic N) is 1. The van der Waals surface area contributed by atoms with E-state index in [2.05, 4.69) is 24.1 Å². The summed E-state index contributed by atoms with van der Waals surface area (Å²) in [4.78, 5) is 4.27. The highest BCUT2D eigenvalue weighted by Gasteiger charge is 2.12. The van der Waals surface area contributed by atoms with Gasteiger partial charge in [-0.3, -0.25) is 4.98 Å². The van der Waals surface area contributed by atoms with Crippen LogP contribution in [0.5, 0.6) is 0 Å². The molecule has 0 saturated heterocycles. The Morgan fingerprint density at radius 1 is 1.38 bits per heavy atom. The van der Waals surface area contributed by atoms with Gasteiger partial charge in [0.15, 0.2) is 0 Å². The molecule has 16 heavy (non-hydrogen) atoms. The van der Waals surface area contributed by atoms with Gasteiger partial charge in [-0.15, -0.1) is 0 Å². The molecule has 1 atom stereocenters. The summed E-state index contributed by atoms with van der Waals surface area (Å²) in [6, 6.07) is 5.98. The average molecular weight is 222 g/mol. The van der Waals surface area contributed by atoms with Crippen LogP contribution in [0.3, 0.4) is 0 Å². The fourth-order valence-corrected chi connectivity index (χ4v) is 1.55. The zero-order valence-corrected chi connectivity index (χ0v) is 10.4. The molecule has 0 radical (unpaired) electrons. The minimum atomic E-state index is 0.286. The molecule has 1 aromatic rings. The van der Waals surface area contributed by atoms with Crippen molar-refractivity contribution in [3.05, 3.63) is 30.1 Å². The van der Waals surface area contributed by atoms with Gasteiger partial charge in [0.2, 0.25) is 0 Å². The zero-order chi connectivity index (χ0) is 11.8. The molecule has 0 spiro atoms. The third kappa shape index (κ3) is 4.73. The highest BCUT2D eigenvalue weighted by molar-refractivity contribution is 5.03. The summed E-state index contributed by atoms with van der Waals surface area (Å²) in [5.41, 5.74) is 1.09. The van der Waals surface area contributed by atoms with E-state index in [9.17, 15) is 0 Å². The number of rotatable bonds is 7. The molecule has 0 saturated carbocycles. The summed E-state index contributed by atoms with van der Waals surface area (Å²) < 4.78 is 5.85. The molecule has 0 aromatic carbocycles. The van der Waals surface area contributed by atoms with Crippen LogP contribution in [0, 0.1) is 5.92 Å². The number of likely N-dealkylation sites (N-methyl/N-ethyl adjacent to an activating group) is 1. The highest BCUT2D eigenvalue weighted by atomic mass is 16.5. The minimum absolute atomic E-state index is 0.286. The molecule has 1 N–H and O–H groups in total. The number of nitrogens with one attached hydrogen (secondary N) is 1. The smallest absolute Gasteiger partial charge is 0.0722 e. The summed E-state index contributed by atoms with van der Waals surface area (Å²) in [6.45, 7) is 6.01. The van der Waals surface area contributed by atoms with Gasteiger partial charge in [-0.1, -0.05) is 19.9 Å². The first kappa shape index (κ1) is 13.1. The third-order valence-corrected chi connectivity index (χ3v) is 2.57. The van der Waals surface area contributed by atoms with E-state index in [1.165, 1.54) is 0 Å². The Morgan fingerprint density at radius 3 is 2.75 bits per heavy atom. The van der Waals surface area contributed by atoms with Crippen molar-refractivity contribution in [3.63, 3.8) is 0 Å². The van der Waals surface area contributed by atoms with E-state index < -0.39 is 0 Å². The number of pyridine rings is 1. The van der Waals surface area contributed by atoms with Crippen LogP contribution in [0.1, 0.15) is 19.5 Å². The van der Waals surface area contributed by atoms with E-state index >= 15 is 0 Å². The second-order valence-corrected chi connectivity index (χ2v) is 4.28. The molecule has 1 aromatic heterocycles. The summed E-state index contributed by atoms with van der Waals surface area (Å²) in [7, 11) is 1.96. The third-order valence-electron chi connectivity index (χ3n) is 2.57. The van der Waals surface area contributed by atoms with Gasteiger partial charge in [0.05, 0.1) is 12.7 Å². The lowest BCUT2D eigenvalue weighted by atomic mass is 10.1. The van der Waals surface area contributed by atoms with Crippen LogP contribution in [0.25, 0.3) is 0 Å². The molecule has 0 fully saturated rings. The largest absolute Gasteiger partial charge is 0.376 e. The Kier molecular flexibility index (Phi) is 6.04. The van der Waals surface area contributed by atoms with E-state index in [4.69, 9.17) is 4.74 Å². The normalized spacial score (nSPS) is 13.0. The van der Waals surface area contributed by atoms with Crippen LogP contribution in [0.15, 0.2) is 24.4 Å². The predicted octanol–water partition coefficient (Wildman–Crippen LogP) is 1.88. The van der Waals surface area contributed by atoms with Crippen molar-refractivity contribution >= 4 is 0 Å². The number of hydrogen-bond donors (Lipinski definition) is 1. The fourth-order valence-electron chi connectivity index (χ4n) is 1.55. The van der Waals surface area contributed by atoms with Crippen LogP contribution in [-0.2, 0) is 11.2 Å².